The first-order chi connectivity index (χ1) is 4.34. The molecule has 0 radical (unpaired) electrons. The largest absolute Gasteiger partial charge is 0.198 e. The van der Waals surface area contributed by atoms with E-state index in [-0.39, 0.29) is 0 Å². The van der Waals surface area contributed by atoms with Crippen LogP contribution in [0.15, 0.2) is 11.4 Å². The van der Waals surface area contributed by atoms with Crippen molar-refractivity contribution < 1.29 is 0 Å². The van der Waals surface area contributed by atoms with Gasteiger partial charge in [-0.15, -0.1) is 11.3 Å². The van der Waals surface area contributed by atoms with Gasteiger partial charge in [-0.05, 0) is 23.9 Å². The second-order valence-corrected chi connectivity index (χ2v) is 2.96. The van der Waals surface area contributed by atoms with Gasteiger partial charge in [0.2, 0.25) is 0 Å². The lowest BCUT2D eigenvalue weighted by Gasteiger charge is -1.86. The molecule has 0 atom stereocenters. The van der Waals surface area contributed by atoms with Crippen LogP contribution in [-0.4, -0.2) is 0 Å². The first kappa shape index (κ1) is 6.31. The summed E-state index contributed by atoms with van der Waals surface area (Å²) in [4.78, 5) is 1.26. The summed E-state index contributed by atoms with van der Waals surface area (Å²) in [5.74, 6) is 0. The van der Waals surface area contributed by atoms with Gasteiger partial charge in [0.1, 0.15) is 0 Å². The van der Waals surface area contributed by atoms with Crippen molar-refractivity contribution in [1.82, 2.24) is 0 Å². The molecule has 2 heteroatoms. The van der Waals surface area contributed by atoms with Crippen LogP contribution in [0.5, 0.6) is 0 Å². The van der Waals surface area contributed by atoms with E-state index in [1.54, 1.807) is 11.3 Å². The molecule has 1 aromatic rings. The van der Waals surface area contributed by atoms with Gasteiger partial charge in [0.25, 0.3) is 0 Å². The molecule has 1 rings (SSSR count). The number of hydrogen-bond donors (Lipinski definition) is 0. The van der Waals surface area contributed by atoms with Crippen molar-refractivity contribution in [2.75, 3.05) is 0 Å². The molecule has 0 bridgehead atoms. The lowest BCUT2D eigenvalue weighted by atomic mass is 10.2. The molecule has 0 N–H and O–H groups in total. The SMILES string of the molecule is Cc1sccc1CC#N. The van der Waals surface area contributed by atoms with E-state index in [1.807, 2.05) is 18.4 Å². The Morgan fingerprint density at radius 1 is 1.78 bits per heavy atom. The Bertz CT molecular complexity index is 231. The average molecular weight is 137 g/mol. The Hall–Kier alpha value is -0.810. The summed E-state index contributed by atoms with van der Waals surface area (Å²) in [6.45, 7) is 2.04. The highest BCUT2D eigenvalue weighted by atomic mass is 32.1. The maximum Gasteiger partial charge on any atom is 0.0670 e. The molecule has 0 amide bonds. The molecular weight excluding hydrogens is 130 g/mol. The van der Waals surface area contributed by atoms with Crippen LogP contribution in [0.25, 0.3) is 0 Å². The van der Waals surface area contributed by atoms with Crippen molar-refractivity contribution >= 4 is 11.3 Å². The van der Waals surface area contributed by atoms with Gasteiger partial charge in [0.15, 0.2) is 0 Å². The van der Waals surface area contributed by atoms with Crippen molar-refractivity contribution in [1.29, 1.82) is 5.26 Å². The monoisotopic (exact) mass is 137 g/mol. The number of rotatable bonds is 1. The molecule has 1 heterocycles. The van der Waals surface area contributed by atoms with Crippen molar-refractivity contribution in [3.8, 4) is 6.07 Å². The van der Waals surface area contributed by atoms with Crippen LogP contribution in [0, 0.1) is 18.3 Å². The molecule has 0 unspecified atom stereocenters. The molecule has 0 aliphatic carbocycles. The third-order valence-electron chi connectivity index (χ3n) is 1.24. The predicted molar refractivity (Wildman–Crippen MR) is 38.4 cm³/mol. The number of thiophene rings is 1. The van der Waals surface area contributed by atoms with Gasteiger partial charge in [0.05, 0.1) is 12.5 Å². The number of nitrogens with zero attached hydrogens (tertiary/aromatic N) is 1. The quantitative estimate of drug-likeness (QED) is 0.581. The Kier molecular flexibility index (Phi) is 1.86. The normalized spacial score (nSPS) is 8.89. The number of aryl methyl sites for hydroxylation is 1. The van der Waals surface area contributed by atoms with E-state index in [0.717, 1.165) is 0 Å². The molecule has 0 aromatic carbocycles. The van der Waals surface area contributed by atoms with Crippen LogP contribution in [0.2, 0.25) is 0 Å². The van der Waals surface area contributed by atoms with Gasteiger partial charge in [-0.1, -0.05) is 0 Å². The fraction of sp³-hybridized carbons (Fsp3) is 0.286. The Labute approximate surface area is 58.6 Å². The van der Waals surface area contributed by atoms with E-state index < -0.39 is 0 Å². The molecule has 0 saturated heterocycles. The highest BCUT2D eigenvalue weighted by Crippen LogP contribution is 2.14. The highest BCUT2D eigenvalue weighted by Gasteiger charge is 1.95. The van der Waals surface area contributed by atoms with Gasteiger partial charge in [-0.25, -0.2) is 0 Å². The summed E-state index contributed by atoms with van der Waals surface area (Å²) in [5.41, 5.74) is 1.17. The maximum atomic E-state index is 8.32. The standard InChI is InChI=1S/C7H7NS/c1-6-7(2-4-8)3-5-9-6/h3,5H,2H2,1H3. The smallest absolute Gasteiger partial charge is 0.0670 e. The van der Waals surface area contributed by atoms with E-state index >= 15 is 0 Å². The summed E-state index contributed by atoms with van der Waals surface area (Å²) in [6, 6.07) is 4.12. The van der Waals surface area contributed by atoms with E-state index in [4.69, 9.17) is 5.26 Å². The van der Waals surface area contributed by atoms with E-state index in [1.165, 1.54) is 10.4 Å². The molecule has 0 aliphatic rings. The lowest BCUT2D eigenvalue weighted by molar-refractivity contribution is 1.25. The molecule has 0 fully saturated rings. The summed E-state index contributed by atoms with van der Waals surface area (Å²) in [6.07, 6.45) is 0.551. The predicted octanol–water partition coefficient (Wildman–Crippen LogP) is 2.12. The summed E-state index contributed by atoms with van der Waals surface area (Å²) < 4.78 is 0. The molecule has 9 heavy (non-hydrogen) atoms. The topological polar surface area (TPSA) is 23.8 Å². The van der Waals surface area contributed by atoms with Crippen molar-refractivity contribution in [2.24, 2.45) is 0 Å². The summed E-state index contributed by atoms with van der Waals surface area (Å²) in [5, 5.41) is 10.3. The Morgan fingerprint density at radius 2 is 2.56 bits per heavy atom. The van der Waals surface area contributed by atoms with Gasteiger partial charge in [-0.3, -0.25) is 0 Å². The first-order valence-corrected chi connectivity index (χ1v) is 3.62. The van der Waals surface area contributed by atoms with Crippen LogP contribution in [0.1, 0.15) is 10.4 Å². The van der Waals surface area contributed by atoms with Gasteiger partial charge in [0, 0.05) is 4.88 Å². The van der Waals surface area contributed by atoms with E-state index in [2.05, 4.69) is 6.07 Å². The van der Waals surface area contributed by atoms with Crippen LogP contribution in [0.3, 0.4) is 0 Å². The minimum absolute atomic E-state index is 0.551. The number of hydrogen-bond acceptors (Lipinski definition) is 2. The summed E-state index contributed by atoms with van der Waals surface area (Å²) >= 11 is 1.69. The fourth-order valence-corrected chi connectivity index (χ4v) is 1.41. The molecule has 0 aliphatic heterocycles. The molecule has 0 saturated carbocycles. The van der Waals surface area contributed by atoms with Crippen LogP contribution >= 0.6 is 11.3 Å². The first-order valence-electron chi connectivity index (χ1n) is 2.74. The minimum Gasteiger partial charge on any atom is -0.198 e. The van der Waals surface area contributed by atoms with E-state index in [9.17, 15) is 0 Å². The Morgan fingerprint density at radius 3 is 3.00 bits per heavy atom. The minimum atomic E-state index is 0.551. The zero-order chi connectivity index (χ0) is 6.69. The van der Waals surface area contributed by atoms with Crippen molar-refractivity contribution in [3.63, 3.8) is 0 Å². The lowest BCUT2D eigenvalue weighted by Crippen LogP contribution is -1.76. The van der Waals surface area contributed by atoms with Gasteiger partial charge in [-0.2, -0.15) is 5.26 Å². The third kappa shape index (κ3) is 1.30. The van der Waals surface area contributed by atoms with Crippen molar-refractivity contribution in [3.05, 3.63) is 21.9 Å². The third-order valence-corrected chi connectivity index (χ3v) is 2.12. The van der Waals surface area contributed by atoms with E-state index in [0.29, 0.717) is 6.42 Å². The zero-order valence-electron chi connectivity index (χ0n) is 5.22. The van der Waals surface area contributed by atoms with Crippen LogP contribution < -0.4 is 0 Å². The van der Waals surface area contributed by atoms with Crippen LogP contribution in [0.4, 0.5) is 0 Å². The van der Waals surface area contributed by atoms with Gasteiger partial charge >= 0.3 is 0 Å². The fourth-order valence-electron chi connectivity index (χ4n) is 0.680. The summed E-state index contributed by atoms with van der Waals surface area (Å²) in [7, 11) is 0. The Balaban J connectivity index is 2.84. The molecular formula is C7H7NS. The maximum absolute atomic E-state index is 8.32. The molecule has 1 aromatic heterocycles. The average Bonchev–Trinajstić information content (AvgIpc) is 2.18. The molecule has 46 valence electrons. The zero-order valence-corrected chi connectivity index (χ0v) is 6.03. The molecule has 1 nitrogen and oxygen atoms in total. The highest BCUT2D eigenvalue weighted by molar-refractivity contribution is 7.10. The van der Waals surface area contributed by atoms with Crippen molar-refractivity contribution in [2.45, 2.75) is 13.3 Å². The van der Waals surface area contributed by atoms with Crippen LogP contribution in [-0.2, 0) is 6.42 Å². The van der Waals surface area contributed by atoms with Gasteiger partial charge < -0.3 is 0 Å². The second-order valence-electron chi connectivity index (χ2n) is 1.84. The number of nitriles is 1. The molecule has 0 spiro atoms. The second kappa shape index (κ2) is 2.65.